The molecule has 0 aliphatic carbocycles. The molecule has 2 N–H and O–H groups in total. The largest absolute Gasteiger partial charge is 0.507 e. The second kappa shape index (κ2) is 8.69. The molecule has 0 aromatic heterocycles. The molecular weight excluding hydrogens is 536 g/mol. The van der Waals surface area contributed by atoms with Gasteiger partial charge in [0.2, 0.25) is 5.91 Å². The van der Waals surface area contributed by atoms with Crippen LogP contribution in [0.25, 0.3) is 6.08 Å². The maximum Gasteiger partial charge on any atom is 0.294 e. The minimum Gasteiger partial charge on any atom is -0.507 e. The lowest BCUT2D eigenvalue weighted by Gasteiger charge is -2.12. The predicted molar refractivity (Wildman–Crippen MR) is 116 cm³/mol. The van der Waals surface area contributed by atoms with Crippen LogP contribution in [0.15, 0.2) is 50.2 Å². The van der Waals surface area contributed by atoms with Crippen LogP contribution in [0.4, 0.5) is 10.5 Å². The van der Waals surface area contributed by atoms with Crippen molar-refractivity contribution in [2.75, 3.05) is 11.9 Å². The topological polar surface area (TPSA) is 86.7 Å². The smallest absolute Gasteiger partial charge is 0.294 e. The zero-order valence-electron chi connectivity index (χ0n) is 13.9. The van der Waals surface area contributed by atoms with E-state index in [1.807, 2.05) is 0 Å². The van der Waals surface area contributed by atoms with E-state index in [1.54, 1.807) is 30.3 Å². The summed E-state index contributed by atoms with van der Waals surface area (Å²) < 4.78 is 1.15. The zero-order chi connectivity index (χ0) is 20.4. The van der Waals surface area contributed by atoms with Gasteiger partial charge in [-0.2, -0.15) is 0 Å². The van der Waals surface area contributed by atoms with Gasteiger partial charge in [0.05, 0.1) is 14.4 Å². The normalized spacial score (nSPS) is 15.4. The Morgan fingerprint density at radius 3 is 2.61 bits per heavy atom. The number of carbonyl (C=O) groups is 3. The Labute approximate surface area is 186 Å². The Kier molecular flexibility index (Phi) is 6.49. The second-order valence-corrected chi connectivity index (χ2v) is 8.76. The first-order chi connectivity index (χ1) is 13.2. The molecule has 0 radical (unpaired) electrons. The van der Waals surface area contributed by atoms with Crippen molar-refractivity contribution >= 4 is 84.0 Å². The average molecular weight is 547 g/mol. The summed E-state index contributed by atoms with van der Waals surface area (Å²) in [4.78, 5) is 38.0. The molecule has 1 fully saturated rings. The number of hydrogen-bond donors (Lipinski definition) is 2. The molecule has 0 unspecified atom stereocenters. The van der Waals surface area contributed by atoms with E-state index >= 15 is 0 Å². The molecule has 144 valence electrons. The summed E-state index contributed by atoms with van der Waals surface area (Å²) in [7, 11) is 0. The molecule has 0 spiro atoms. The fraction of sp³-hybridized carbons (Fsp3) is 0.0556. The number of nitrogens with one attached hydrogen (secondary N) is 1. The fourth-order valence-corrected chi connectivity index (χ4v) is 3.98. The van der Waals surface area contributed by atoms with E-state index in [0.717, 1.165) is 16.7 Å². The van der Waals surface area contributed by atoms with Crippen molar-refractivity contribution < 1.29 is 19.5 Å². The van der Waals surface area contributed by atoms with Gasteiger partial charge in [-0.15, -0.1) is 0 Å². The van der Waals surface area contributed by atoms with Gasteiger partial charge in [-0.1, -0.05) is 17.7 Å². The summed E-state index contributed by atoms with van der Waals surface area (Å²) in [5, 5.41) is 12.0. The maximum absolute atomic E-state index is 12.5. The Balaban J connectivity index is 1.70. The Morgan fingerprint density at radius 1 is 1.18 bits per heavy atom. The Bertz CT molecular complexity index is 1030. The number of benzene rings is 2. The number of thioether (sulfide) groups is 1. The van der Waals surface area contributed by atoms with Gasteiger partial charge in [-0.25, -0.2) is 0 Å². The summed E-state index contributed by atoms with van der Waals surface area (Å²) in [6.07, 6.45) is 1.53. The van der Waals surface area contributed by atoms with E-state index in [0.29, 0.717) is 25.2 Å². The first kappa shape index (κ1) is 20.9. The van der Waals surface area contributed by atoms with Gasteiger partial charge in [-0.3, -0.25) is 19.3 Å². The molecule has 1 aliphatic rings. The SMILES string of the molecule is O=C(CN1C(=O)S/C(=C/c2ccc(O)c(Br)c2)C1=O)Nc1ccc(Br)c(Cl)c1. The molecule has 10 heteroatoms. The van der Waals surface area contributed by atoms with E-state index < -0.39 is 23.6 Å². The molecule has 28 heavy (non-hydrogen) atoms. The third-order valence-corrected chi connectivity index (χ3v) is 6.42. The average Bonchev–Trinajstić information content (AvgIpc) is 2.89. The number of nitrogens with zero attached hydrogens (tertiary/aromatic N) is 1. The van der Waals surface area contributed by atoms with E-state index in [9.17, 15) is 19.5 Å². The van der Waals surface area contributed by atoms with Crippen molar-refractivity contribution in [2.24, 2.45) is 0 Å². The monoisotopic (exact) mass is 544 g/mol. The van der Waals surface area contributed by atoms with Crippen LogP contribution in [0, 0.1) is 0 Å². The van der Waals surface area contributed by atoms with Crippen LogP contribution in [0.3, 0.4) is 0 Å². The van der Waals surface area contributed by atoms with Crippen molar-refractivity contribution in [1.82, 2.24) is 4.90 Å². The standard InChI is InChI=1S/C18H11Br2ClN2O4S/c19-11-3-2-10(7-13(11)21)22-16(25)8-23-17(26)15(28-18(23)27)6-9-1-4-14(24)12(20)5-9/h1-7,24H,8H2,(H,22,25)/b15-6+. The number of phenolic OH excluding ortho intramolecular Hbond substituents is 1. The van der Waals surface area contributed by atoms with Gasteiger partial charge in [0, 0.05) is 10.2 Å². The van der Waals surface area contributed by atoms with Crippen LogP contribution in [0.1, 0.15) is 5.56 Å². The number of aromatic hydroxyl groups is 1. The van der Waals surface area contributed by atoms with Crippen molar-refractivity contribution in [3.05, 3.63) is 60.8 Å². The summed E-state index contributed by atoms with van der Waals surface area (Å²) in [5.74, 6) is -1.01. The van der Waals surface area contributed by atoms with E-state index in [-0.39, 0.29) is 10.7 Å². The molecule has 0 saturated carbocycles. The van der Waals surface area contributed by atoms with Crippen LogP contribution in [0.2, 0.25) is 5.02 Å². The predicted octanol–water partition coefficient (Wildman–Crippen LogP) is 5.25. The molecule has 2 aromatic carbocycles. The van der Waals surface area contributed by atoms with Crippen molar-refractivity contribution in [2.45, 2.75) is 0 Å². The molecule has 1 saturated heterocycles. The van der Waals surface area contributed by atoms with Crippen LogP contribution < -0.4 is 5.32 Å². The molecule has 0 bridgehead atoms. The Morgan fingerprint density at radius 2 is 1.93 bits per heavy atom. The molecule has 1 heterocycles. The van der Waals surface area contributed by atoms with Crippen LogP contribution in [-0.4, -0.2) is 33.6 Å². The highest BCUT2D eigenvalue weighted by Gasteiger charge is 2.36. The molecular formula is C18H11Br2ClN2O4S. The number of rotatable bonds is 4. The van der Waals surface area contributed by atoms with Crippen LogP contribution >= 0.6 is 55.2 Å². The van der Waals surface area contributed by atoms with E-state index in [1.165, 1.54) is 12.1 Å². The number of carbonyl (C=O) groups excluding carboxylic acids is 3. The van der Waals surface area contributed by atoms with E-state index in [2.05, 4.69) is 37.2 Å². The summed E-state index contributed by atoms with van der Waals surface area (Å²) >= 11 is 13.2. The third-order valence-electron chi connectivity index (χ3n) is 3.65. The van der Waals surface area contributed by atoms with Gasteiger partial charge in [0.1, 0.15) is 12.3 Å². The number of phenols is 1. The highest BCUT2D eigenvalue weighted by molar-refractivity contribution is 9.10. The first-order valence-corrected chi connectivity index (χ1v) is 10.5. The van der Waals surface area contributed by atoms with Crippen LogP contribution in [-0.2, 0) is 9.59 Å². The fourth-order valence-electron chi connectivity index (χ4n) is 2.32. The minimum atomic E-state index is -0.553. The van der Waals surface area contributed by atoms with Crippen molar-refractivity contribution in [1.29, 1.82) is 0 Å². The molecule has 0 atom stereocenters. The quantitative estimate of drug-likeness (QED) is 0.512. The highest BCUT2D eigenvalue weighted by Crippen LogP contribution is 2.33. The highest BCUT2D eigenvalue weighted by atomic mass is 79.9. The van der Waals surface area contributed by atoms with Crippen molar-refractivity contribution in [3.8, 4) is 5.75 Å². The Hall–Kier alpha value is -1.81. The van der Waals surface area contributed by atoms with Crippen LogP contribution in [0.5, 0.6) is 5.75 Å². The van der Waals surface area contributed by atoms with Gasteiger partial charge in [-0.05, 0) is 85.6 Å². The summed E-state index contributed by atoms with van der Waals surface area (Å²) in [6.45, 7) is -0.408. The number of imide groups is 1. The summed E-state index contributed by atoms with van der Waals surface area (Å²) in [6, 6.07) is 9.57. The van der Waals surface area contributed by atoms with E-state index in [4.69, 9.17) is 11.6 Å². The van der Waals surface area contributed by atoms with Crippen molar-refractivity contribution in [3.63, 3.8) is 0 Å². The number of halogens is 3. The molecule has 3 amide bonds. The minimum absolute atomic E-state index is 0.0648. The van der Waals surface area contributed by atoms with Gasteiger partial charge < -0.3 is 10.4 Å². The number of hydrogen-bond acceptors (Lipinski definition) is 5. The lowest BCUT2D eigenvalue weighted by molar-refractivity contribution is -0.127. The third kappa shape index (κ3) is 4.78. The lowest BCUT2D eigenvalue weighted by Crippen LogP contribution is -2.36. The zero-order valence-corrected chi connectivity index (χ0v) is 18.7. The molecule has 2 aromatic rings. The van der Waals surface area contributed by atoms with Gasteiger partial charge >= 0.3 is 0 Å². The second-order valence-electron chi connectivity index (χ2n) is 5.66. The summed E-state index contributed by atoms with van der Waals surface area (Å²) in [5.41, 5.74) is 1.08. The molecule has 1 aliphatic heterocycles. The maximum atomic E-state index is 12.5. The number of amides is 3. The van der Waals surface area contributed by atoms with Gasteiger partial charge in [0.15, 0.2) is 0 Å². The number of anilines is 1. The molecule has 3 rings (SSSR count). The van der Waals surface area contributed by atoms with Gasteiger partial charge in [0.25, 0.3) is 11.1 Å². The lowest BCUT2D eigenvalue weighted by atomic mass is 10.2. The molecule has 6 nitrogen and oxygen atoms in total. The first-order valence-electron chi connectivity index (χ1n) is 7.73.